The van der Waals surface area contributed by atoms with Crippen LogP contribution in [0.25, 0.3) is 0 Å². The molecule has 0 spiro atoms. The van der Waals surface area contributed by atoms with Gasteiger partial charge >= 0.3 is 0 Å². The van der Waals surface area contributed by atoms with Crippen molar-refractivity contribution in [3.63, 3.8) is 0 Å². The molecule has 1 N–H and O–H groups in total. The normalized spacial score (nSPS) is 13.6. The third-order valence-corrected chi connectivity index (χ3v) is 4.33. The van der Waals surface area contributed by atoms with Crippen LogP contribution in [0, 0.1) is 0 Å². The van der Waals surface area contributed by atoms with Gasteiger partial charge in [-0.2, -0.15) is 0 Å². The first-order chi connectivity index (χ1) is 10.6. The van der Waals surface area contributed by atoms with E-state index in [0.717, 1.165) is 25.1 Å². The molecule has 0 atom stereocenters. The molecule has 0 unspecified atom stereocenters. The summed E-state index contributed by atoms with van der Waals surface area (Å²) in [6.45, 7) is 0.940. The van der Waals surface area contributed by atoms with Gasteiger partial charge in [0, 0.05) is 17.3 Å². The fourth-order valence-corrected chi connectivity index (χ4v) is 3.05. The molecule has 0 fully saturated rings. The Morgan fingerprint density at radius 1 is 1.18 bits per heavy atom. The van der Waals surface area contributed by atoms with Crippen LogP contribution in [0.5, 0.6) is 0 Å². The van der Waals surface area contributed by atoms with E-state index in [9.17, 15) is 4.79 Å². The molecule has 1 aliphatic heterocycles. The Hall–Kier alpha value is -1.71. The Bertz CT molecular complexity index is 703. The van der Waals surface area contributed by atoms with Crippen LogP contribution in [-0.2, 0) is 11.2 Å². The van der Waals surface area contributed by atoms with Crippen LogP contribution in [0.2, 0.25) is 10.0 Å². The van der Waals surface area contributed by atoms with E-state index in [1.807, 2.05) is 23.1 Å². The molecule has 0 bridgehead atoms. The smallest absolute Gasteiger partial charge is 0.246 e. The van der Waals surface area contributed by atoms with E-state index in [0.29, 0.717) is 15.7 Å². The molecular formula is C17H16Cl2N2O. The zero-order chi connectivity index (χ0) is 15.5. The van der Waals surface area contributed by atoms with Crippen LogP contribution in [0.15, 0.2) is 42.5 Å². The van der Waals surface area contributed by atoms with E-state index < -0.39 is 0 Å². The summed E-state index contributed by atoms with van der Waals surface area (Å²) in [6, 6.07) is 13.2. The first-order valence-electron chi connectivity index (χ1n) is 7.22. The van der Waals surface area contributed by atoms with E-state index >= 15 is 0 Å². The molecule has 1 heterocycles. The van der Waals surface area contributed by atoms with Crippen molar-refractivity contribution in [1.82, 2.24) is 0 Å². The summed E-state index contributed by atoms with van der Waals surface area (Å²) in [4.78, 5) is 14.4. The highest BCUT2D eigenvalue weighted by Crippen LogP contribution is 2.28. The Balaban J connectivity index is 1.72. The van der Waals surface area contributed by atoms with Crippen LogP contribution in [-0.4, -0.2) is 19.0 Å². The SMILES string of the molecule is O=C(CNc1cc(Cl)ccc1Cl)N1CCCc2ccccc21. The maximum Gasteiger partial charge on any atom is 0.246 e. The molecule has 2 aromatic rings. The lowest BCUT2D eigenvalue weighted by molar-refractivity contribution is -0.117. The Morgan fingerprint density at radius 3 is 2.86 bits per heavy atom. The number of anilines is 2. The van der Waals surface area contributed by atoms with Crippen molar-refractivity contribution in [2.75, 3.05) is 23.3 Å². The minimum Gasteiger partial charge on any atom is -0.375 e. The number of nitrogens with zero attached hydrogens (tertiary/aromatic N) is 1. The minimum absolute atomic E-state index is 0.0307. The average molecular weight is 335 g/mol. The van der Waals surface area contributed by atoms with Crippen molar-refractivity contribution in [3.8, 4) is 0 Å². The van der Waals surface area contributed by atoms with Crippen LogP contribution >= 0.6 is 23.2 Å². The van der Waals surface area contributed by atoms with E-state index in [2.05, 4.69) is 11.4 Å². The molecular weight excluding hydrogens is 319 g/mol. The number of hydrogen-bond donors (Lipinski definition) is 1. The van der Waals surface area contributed by atoms with Gasteiger partial charge in [0.2, 0.25) is 5.91 Å². The lowest BCUT2D eigenvalue weighted by atomic mass is 10.0. The summed E-state index contributed by atoms with van der Waals surface area (Å²) in [5.74, 6) is 0.0307. The summed E-state index contributed by atoms with van der Waals surface area (Å²) < 4.78 is 0. The number of nitrogens with one attached hydrogen (secondary N) is 1. The topological polar surface area (TPSA) is 32.3 Å². The summed E-state index contributed by atoms with van der Waals surface area (Å²) in [7, 11) is 0. The second-order valence-corrected chi connectivity index (χ2v) is 6.10. The Morgan fingerprint density at radius 2 is 2.00 bits per heavy atom. The Labute approximate surface area is 139 Å². The first kappa shape index (κ1) is 15.2. The highest BCUT2D eigenvalue weighted by atomic mass is 35.5. The number of para-hydroxylation sites is 1. The Kier molecular flexibility index (Phi) is 4.55. The molecule has 1 aliphatic rings. The number of amides is 1. The number of halogens is 2. The van der Waals surface area contributed by atoms with Crippen molar-refractivity contribution in [1.29, 1.82) is 0 Å². The van der Waals surface area contributed by atoms with E-state index in [4.69, 9.17) is 23.2 Å². The highest BCUT2D eigenvalue weighted by molar-refractivity contribution is 6.35. The monoisotopic (exact) mass is 334 g/mol. The van der Waals surface area contributed by atoms with E-state index in [-0.39, 0.29) is 12.5 Å². The van der Waals surface area contributed by atoms with Gasteiger partial charge in [0.1, 0.15) is 0 Å². The number of carbonyl (C=O) groups is 1. The molecule has 0 aromatic heterocycles. The molecule has 1 amide bonds. The average Bonchev–Trinajstić information content (AvgIpc) is 2.55. The van der Waals surface area contributed by atoms with E-state index in [1.54, 1.807) is 18.2 Å². The molecule has 22 heavy (non-hydrogen) atoms. The third-order valence-electron chi connectivity index (χ3n) is 3.77. The summed E-state index contributed by atoms with van der Waals surface area (Å²) in [5.41, 5.74) is 2.91. The molecule has 0 saturated heterocycles. The maximum absolute atomic E-state index is 12.5. The molecule has 0 aliphatic carbocycles. The molecule has 0 saturated carbocycles. The van der Waals surface area contributed by atoms with Crippen LogP contribution in [0.1, 0.15) is 12.0 Å². The minimum atomic E-state index is 0.0307. The van der Waals surface area contributed by atoms with Crippen LogP contribution in [0.4, 0.5) is 11.4 Å². The molecule has 3 nitrogen and oxygen atoms in total. The molecule has 114 valence electrons. The predicted octanol–water partition coefficient (Wildman–Crippen LogP) is 4.38. The van der Waals surface area contributed by atoms with Gasteiger partial charge in [0.15, 0.2) is 0 Å². The zero-order valence-corrected chi connectivity index (χ0v) is 13.5. The van der Waals surface area contributed by atoms with Gasteiger partial charge in [0.25, 0.3) is 0 Å². The molecule has 0 radical (unpaired) electrons. The summed E-state index contributed by atoms with van der Waals surface area (Å²) in [6.07, 6.45) is 2.01. The fraction of sp³-hybridized carbons (Fsp3) is 0.235. The first-order valence-corrected chi connectivity index (χ1v) is 7.98. The second kappa shape index (κ2) is 6.59. The van der Waals surface area contributed by atoms with E-state index in [1.165, 1.54) is 5.56 Å². The molecule has 3 rings (SSSR count). The fourth-order valence-electron chi connectivity index (χ4n) is 2.69. The summed E-state index contributed by atoms with van der Waals surface area (Å²) in [5, 5.41) is 4.21. The third kappa shape index (κ3) is 3.21. The summed E-state index contributed by atoms with van der Waals surface area (Å²) >= 11 is 12.1. The number of aryl methyl sites for hydroxylation is 1. The van der Waals surface area contributed by atoms with Crippen molar-refractivity contribution in [2.45, 2.75) is 12.8 Å². The molecule has 5 heteroatoms. The van der Waals surface area contributed by atoms with Gasteiger partial charge in [-0.25, -0.2) is 0 Å². The molecule has 2 aromatic carbocycles. The van der Waals surface area contributed by atoms with Crippen molar-refractivity contribution in [2.24, 2.45) is 0 Å². The lowest BCUT2D eigenvalue weighted by Gasteiger charge is -2.29. The van der Waals surface area contributed by atoms with Crippen LogP contribution in [0.3, 0.4) is 0 Å². The number of rotatable bonds is 3. The van der Waals surface area contributed by atoms with Gasteiger partial charge in [-0.1, -0.05) is 41.4 Å². The number of carbonyl (C=O) groups excluding carboxylic acids is 1. The van der Waals surface area contributed by atoms with Gasteiger partial charge in [-0.15, -0.1) is 0 Å². The number of fused-ring (bicyclic) bond motifs is 1. The second-order valence-electron chi connectivity index (χ2n) is 5.26. The predicted molar refractivity (Wildman–Crippen MR) is 92.1 cm³/mol. The zero-order valence-electron chi connectivity index (χ0n) is 12.0. The largest absolute Gasteiger partial charge is 0.375 e. The highest BCUT2D eigenvalue weighted by Gasteiger charge is 2.21. The van der Waals surface area contributed by atoms with Crippen LogP contribution < -0.4 is 10.2 Å². The van der Waals surface area contributed by atoms with Crippen molar-refractivity contribution in [3.05, 3.63) is 58.1 Å². The van der Waals surface area contributed by atoms with Gasteiger partial charge < -0.3 is 10.2 Å². The van der Waals surface area contributed by atoms with Gasteiger partial charge in [-0.3, -0.25) is 4.79 Å². The quantitative estimate of drug-likeness (QED) is 0.902. The van der Waals surface area contributed by atoms with Crippen molar-refractivity contribution < 1.29 is 4.79 Å². The lowest BCUT2D eigenvalue weighted by Crippen LogP contribution is -2.39. The standard InChI is InChI=1S/C17H16Cl2N2O/c18-13-7-8-14(19)15(10-13)20-11-17(22)21-9-3-5-12-4-1-2-6-16(12)21/h1-2,4,6-8,10,20H,3,5,9,11H2. The van der Waals surface area contributed by atoms with Crippen molar-refractivity contribution >= 4 is 40.5 Å². The number of benzene rings is 2. The number of hydrogen-bond acceptors (Lipinski definition) is 2. The van der Waals surface area contributed by atoms with Gasteiger partial charge in [-0.05, 0) is 42.7 Å². The van der Waals surface area contributed by atoms with Gasteiger partial charge in [0.05, 0.1) is 17.3 Å². The maximum atomic E-state index is 12.5.